The normalized spacial score (nSPS) is 19.8. The Hall–Kier alpha value is -2.22. The molecule has 8 heteroatoms. The number of hydrogen-bond acceptors (Lipinski definition) is 5. The number of aliphatic hydroxyl groups excluding tert-OH is 1. The van der Waals surface area contributed by atoms with Gasteiger partial charge in [-0.2, -0.15) is 0 Å². The van der Waals surface area contributed by atoms with Crippen molar-refractivity contribution in [2.45, 2.75) is 39.0 Å². The molecule has 0 bridgehead atoms. The average Bonchev–Trinajstić information content (AvgIpc) is 2.61. The second-order valence-corrected chi connectivity index (χ2v) is 7.42. The van der Waals surface area contributed by atoms with Gasteiger partial charge in [0.05, 0.1) is 13.0 Å². The minimum atomic E-state index is -0.259. The summed E-state index contributed by atoms with van der Waals surface area (Å²) in [5.74, 6) is 0.578. The minimum absolute atomic E-state index is 0.0223. The van der Waals surface area contributed by atoms with Crippen molar-refractivity contribution in [3.05, 3.63) is 27.9 Å². The van der Waals surface area contributed by atoms with E-state index >= 15 is 0 Å². The smallest absolute Gasteiger partial charge is 0.254 e. The molecule has 0 radical (unpaired) electrons. The van der Waals surface area contributed by atoms with Crippen LogP contribution in [0.1, 0.15) is 37.1 Å². The summed E-state index contributed by atoms with van der Waals surface area (Å²) in [6, 6.07) is 0. The van der Waals surface area contributed by atoms with Crippen LogP contribution in [-0.2, 0) is 16.0 Å². The van der Waals surface area contributed by atoms with Crippen LogP contribution in [0.2, 0.25) is 0 Å². The Kier molecular flexibility index (Phi) is 5.41. The first-order valence-electron chi connectivity index (χ1n) is 9.14. The van der Waals surface area contributed by atoms with Gasteiger partial charge in [0.2, 0.25) is 11.8 Å². The fraction of sp³-hybridized carbons (Fsp3) is 0.667. The van der Waals surface area contributed by atoms with Crippen LogP contribution in [0.4, 0.5) is 0 Å². The van der Waals surface area contributed by atoms with Gasteiger partial charge < -0.3 is 19.9 Å². The number of carbonyl (C=O) groups excluding carboxylic acids is 2. The maximum atomic E-state index is 12.5. The van der Waals surface area contributed by atoms with Gasteiger partial charge in [-0.1, -0.05) is 0 Å². The summed E-state index contributed by atoms with van der Waals surface area (Å²) in [5.41, 5.74) is 0.172. The number of rotatable bonds is 4. The van der Waals surface area contributed by atoms with Crippen molar-refractivity contribution in [3.63, 3.8) is 0 Å². The molecule has 2 saturated heterocycles. The van der Waals surface area contributed by atoms with Crippen LogP contribution in [0, 0.1) is 12.3 Å². The molecule has 2 amide bonds. The topological polar surface area (TPSA) is 107 Å². The zero-order chi connectivity index (χ0) is 18.7. The fourth-order valence-corrected chi connectivity index (χ4v) is 3.98. The molecule has 142 valence electrons. The van der Waals surface area contributed by atoms with E-state index in [1.54, 1.807) is 16.7 Å². The Labute approximate surface area is 152 Å². The number of β-amino-alcohol motifs (C(OH)–C–C–N with tert-alkyl or cyclic N) is 1. The molecule has 8 nitrogen and oxygen atoms in total. The number of aromatic amines is 1. The largest absolute Gasteiger partial charge is 0.395 e. The van der Waals surface area contributed by atoms with Crippen LogP contribution >= 0.6 is 0 Å². The molecule has 26 heavy (non-hydrogen) atoms. The van der Waals surface area contributed by atoms with Gasteiger partial charge in [-0.3, -0.25) is 14.4 Å². The van der Waals surface area contributed by atoms with Crippen LogP contribution in [0.5, 0.6) is 0 Å². The third-order valence-corrected chi connectivity index (χ3v) is 5.64. The Balaban J connectivity index is 1.58. The number of nitrogens with one attached hydrogen (secondary N) is 1. The quantitative estimate of drug-likeness (QED) is 0.774. The second kappa shape index (κ2) is 7.57. The van der Waals surface area contributed by atoms with E-state index in [1.807, 2.05) is 0 Å². The lowest BCUT2D eigenvalue weighted by Gasteiger charge is -2.47. The molecule has 0 aromatic carbocycles. The first-order chi connectivity index (χ1) is 12.4. The van der Waals surface area contributed by atoms with Gasteiger partial charge in [-0.15, -0.1) is 0 Å². The number of aliphatic hydroxyl groups is 1. The maximum Gasteiger partial charge on any atom is 0.254 e. The highest BCUT2D eigenvalue weighted by Gasteiger charge is 2.41. The van der Waals surface area contributed by atoms with Crippen LogP contribution in [0.15, 0.2) is 11.0 Å². The van der Waals surface area contributed by atoms with E-state index < -0.39 is 0 Å². The summed E-state index contributed by atoms with van der Waals surface area (Å²) in [6.45, 7) is 3.99. The van der Waals surface area contributed by atoms with Crippen molar-refractivity contribution in [3.8, 4) is 0 Å². The van der Waals surface area contributed by atoms with Crippen LogP contribution in [0.25, 0.3) is 0 Å². The highest BCUT2D eigenvalue weighted by molar-refractivity contribution is 5.79. The molecule has 2 fully saturated rings. The van der Waals surface area contributed by atoms with Gasteiger partial charge in [0.15, 0.2) is 0 Å². The molecule has 2 N–H and O–H groups in total. The standard InChI is InChI=1S/C18H26N4O4/c1-13-19-11-14(17(26)20-13)10-16(25)21-6-4-18(5-7-21)3-2-15(24)22(12-18)8-9-23/h11,23H,2-10,12H2,1H3,(H,19,20,26). The number of aryl methyl sites for hydroxylation is 1. The Morgan fingerprint density at radius 3 is 2.69 bits per heavy atom. The number of hydrogen-bond donors (Lipinski definition) is 2. The maximum absolute atomic E-state index is 12.5. The highest BCUT2D eigenvalue weighted by atomic mass is 16.3. The number of piperidine rings is 2. The average molecular weight is 362 g/mol. The lowest BCUT2D eigenvalue weighted by atomic mass is 9.72. The molecule has 1 aromatic heterocycles. The first-order valence-corrected chi connectivity index (χ1v) is 9.14. The molecular formula is C18H26N4O4. The highest BCUT2D eigenvalue weighted by Crippen LogP contribution is 2.40. The van der Waals surface area contributed by atoms with Crippen LogP contribution in [-0.4, -0.2) is 69.5 Å². The second-order valence-electron chi connectivity index (χ2n) is 7.42. The van der Waals surface area contributed by atoms with Crippen molar-refractivity contribution < 1.29 is 14.7 Å². The molecule has 2 aliphatic heterocycles. The number of aromatic nitrogens is 2. The van der Waals surface area contributed by atoms with E-state index in [0.717, 1.165) is 19.3 Å². The molecule has 0 atom stereocenters. The molecule has 2 aliphatic rings. The molecule has 3 rings (SSSR count). The molecule has 0 unspecified atom stereocenters. The van der Waals surface area contributed by atoms with Crippen molar-refractivity contribution >= 4 is 11.8 Å². The van der Waals surface area contributed by atoms with Crippen molar-refractivity contribution in [2.75, 3.05) is 32.8 Å². The molecular weight excluding hydrogens is 336 g/mol. The zero-order valence-corrected chi connectivity index (χ0v) is 15.2. The lowest BCUT2D eigenvalue weighted by Crippen LogP contribution is -2.53. The van der Waals surface area contributed by atoms with Gasteiger partial charge in [-0.25, -0.2) is 4.98 Å². The number of nitrogens with zero attached hydrogens (tertiary/aromatic N) is 3. The van der Waals surface area contributed by atoms with Gasteiger partial charge in [0, 0.05) is 44.4 Å². The third-order valence-electron chi connectivity index (χ3n) is 5.64. The van der Waals surface area contributed by atoms with Gasteiger partial charge >= 0.3 is 0 Å². The molecule has 0 saturated carbocycles. The minimum Gasteiger partial charge on any atom is -0.395 e. The van der Waals surface area contributed by atoms with Crippen LogP contribution < -0.4 is 5.56 Å². The number of likely N-dealkylation sites (tertiary alicyclic amines) is 2. The predicted octanol–water partition coefficient (Wildman–Crippen LogP) is -0.156. The Morgan fingerprint density at radius 2 is 2.04 bits per heavy atom. The van der Waals surface area contributed by atoms with Gasteiger partial charge in [-0.05, 0) is 31.6 Å². The zero-order valence-electron chi connectivity index (χ0n) is 15.2. The predicted molar refractivity (Wildman–Crippen MR) is 94.4 cm³/mol. The Morgan fingerprint density at radius 1 is 1.31 bits per heavy atom. The lowest BCUT2D eigenvalue weighted by molar-refractivity contribution is -0.142. The van der Waals surface area contributed by atoms with E-state index in [2.05, 4.69) is 9.97 Å². The molecule has 1 spiro atoms. The van der Waals surface area contributed by atoms with Crippen molar-refractivity contribution in [1.82, 2.24) is 19.8 Å². The molecule has 0 aliphatic carbocycles. The van der Waals surface area contributed by atoms with Crippen molar-refractivity contribution in [1.29, 1.82) is 0 Å². The van der Waals surface area contributed by atoms with E-state index in [4.69, 9.17) is 5.11 Å². The fourth-order valence-electron chi connectivity index (χ4n) is 3.98. The number of amides is 2. The van der Waals surface area contributed by atoms with Crippen LogP contribution in [0.3, 0.4) is 0 Å². The first kappa shape index (κ1) is 18.6. The van der Waals surface area contributed by atoms with Gasteiger partial charge in [0.25, 0.3) is 5.56 Å². The molecule has 3 heterocycles. The summed E-state index contributed by atoms with van der Waals surface area (Å²) in [7, 11) is 0. The summed E-state index contributed by atoms with van der Waals surface area (Å²) in [4.78, 5) is 46.6. The number of carbonyl (C=O) groups is 2. The van der Waals surface area contributed by atoms with E-state index in [9.17, 15) is 14.4 Å². The monoisotopic (exact) mass is 362 g/mol. The summed E-state index contributed by atoms with van der Waals surface area (Å²) < 4.78 is 0. The summed E-state index contributed by atoms with van der Waals surface area (Å²) in [5, 5.41) is 9.14. The SMILES string of the molecule is Cc1ncc(CC(=O)N2CCC3(CCC(=O)N(CCO)C3)CC2)c(=O)[nH]1. The number of H-pyrrole nitrogens is 1. The summed E-state index contributed by atoms with van der Waals surface area (Å²) >= 11 is 0. The summed E-state index contributed by atoms with van der Waals surface area (Å²) in [6.07, 6.45) is 4.57. The van der Waals surface area contributed by atoms with E-state index in [1.165, 1.54) is 6.20 Å². The molecule has 1 aromatic rings. The van der Waals surface area contributed by atoms with Crippen molar-refractivity contribution in [2.24, 2.45) is 5.41 Å². The van der Waals surface area contributed by atoms with E-state index in [0.29, 0.717) is 44.0 Å². The third kappa shape index (κ3) is 3.95. The van der Waals surface area contributed by atoms with E-state index in [-0.39, 0.29) is 35.8 Å². The van der Waals surface area contributed by atoms with Gasteiger partial charge in [0.1, 0.15) is 5.82 Å². The Bertz CT molecular complexity index is 737.